The molecular formula is C19H15FN6O2S. The lowest BCUT2D eigenvalue weighted by atomic mass is 10.2. The average Bonchev–Trinajstić information content (AvgIpc) is 3.33. The SMILES string of the molecule is O=C(Cc1csc(NC(=O)c2ccccc2F)n1)NCc1nnc2ccccn12. The summed E-state index contributed by atoms with van der Waals surface area (Å²) in [4.78, 5) is 28.5. The van der Waals surface area contributed by atoms with E-state index in [0.29, 0.717) is 22.3 Å². The van der Waals surface area contributed by atoms with Crippen LogP contribution >= 0.6 is 11.3 Å². The van der Waals surface area contributed by atoms with Crippen molar-refractivity contribution < 1.29 is 14.0 Å². The quantitative estimate of drug-likeness (QED) is 0.508. The van der Waals surface area contributed by atoms with Crippen molar-refractivity contribution in [3.8, 4) is 0 Å². The molecule has 2 N–H and O–H groups in total. The minimum atomic E-state index is -0.609. The van der Waals surface area contributed by atoms with Gasteiger partial charge in [0.2, 0.25) is 5.91 Å². The molecule has 0 radical (unpaired) electrons. The van der Waals surface area contributed by atoms with E-state index in [1.807, 2.05) is 24.4 Å². The highest BCUT2D eigenvalue weighted by Crippen LogP contribution is 2.18. The lowest BCUT2D eigenvalue weighted by Crippen LogP contribution is -2.25. The van der Waals surface area contributed by atoms with Gasteiger partial charge in [-0.25, -0.2) is 9.37 Å². The molecule has 0 unspecified atom stereocenters. The summed E-state index contributed by atoms with van der Waals surface area (Å²) < 4.78 is 15.5. The Kier molecular flexibility index (Phi) is 5.25. The number of hydrogen-bond acceptors (Lipinski definition) is 6. The maximum absolute atomic E-state index is 13.7. The maximum atomic E-state index is 13.7. The minimum Gasteiger partial charge on any atom is -0.348 e. The predicted octanol–water partition coefficient (Wildman–Crippen LogP) is 2.44. The Labute approximate surface area is 168 Å². The van der Waals surface area contributed by atoms with Crippen molar-refractivity contribution in [2.24, 2.45) is 0 Å². The third-order valence-electron chi connectivity index (χ3n) is 4.06. The smallest absolute Gasteiger partial charge is 0.260 e. The number of fused-ring (bicyclic) bond motifs is 1. The molecule has 3 aromatic heterocycles. The van der Waals surface area contributed by atoms with E-state index in [1.54, 1.807) is 15.8 Å². The molecule has 4 rings (SSSR count). The number of aromatic nitrogens is 4. The van der Waals surface area contributed by atoms with Crippen molar-refractivity contribution in [3.05, 3.63) is 76.9 Å². The summed E-state index contributed by atoms with van der Waals surface area (Å²) in [5, 5.41) is 15.4. The number of nitrogens with one attached hydrogen (secondary N) is 2. The van der Waals surface area contributed by atoms with E-state index in [-0.39, 0.29) is 24.4 Å². The van der Waals surface area contributed by atoms with E-state index in [4.69, 9.17) is 0 Å². The third-order valence-corrected chi connectivity index (χ3v) is 4.87. The van der Waals surface area contributed by atoms with Gasteiger partial charge in [-0.15, -0.1) is 21.5 Å². The molecule has 0 atom stereocenters. The van der Waals surface area contributed by atoms with Crippen LogP contribution in [0.4, 0.5) is 9.52 Å². The standard InChI is InChI=1S/C19H15FN6O2S/c20-14-6-2-1-5-13(14)18(28)23-19-22-12(11-29-19)9-17(27)21-10-16-25-24-15-7-3-4-8-26(15)16/h1-8,11H,9-10H2,(H,21,27)(H,22,23,28). The van der Waals surface area contributed by atoms with Crippen LogP contribution in [0.3, 0.4) is 0 Å². The second-order valence-electron chi connectivity index (χ2n) is 6.08. The van der Waals surface area contributed by atoms with E-state index >= 15 is 0 Å². The van der Waals surface area contributed by atoms with Crippen LogP contribution in [-0.4, -0.2) is 31.4 Å². The van der Waals surface area contributed by atoms with Gasteiger partial charge in [0.1, 0.15) is 5.82 Å². The van der Waals surface area contributed by atoms with Crippen LogP contribution in [0.25, 0.3) is 5.65 Å². The van der Waals surface area contributed by atoms with Gasteiger partial charge in [-0.05, 0) is 24.3 Å². The van der Waals surface area contributed by atoms with Crippen LogP contribution in [0.5, 0.6) is 0 Å². The van der Waals surface area contributed by atoms with E-state index in [1.165, 1.54) is 29.5 Å². The van der Waals surface area contributed by atoms with Crippen LogP contribution in [0.1, 0.15) is 21.9 Å². The number of nitrogens with zero attached hydrogens (tertiary/aromatic N) is 4. The Hall–Kier alpha value is -3.66. The fourth-order valence-electron chi connectivity index (χ4n) is 2.67. The summed E-state index contributed by atoms with van der Waals surface area (Å²) in [5.74, 6) is -0.825. The summed E-state index contributed by atoms with van der Waals surface area (Å²) in [7, 11) is 0. The zero-order valence-corrected chi connectivity index (χ0v) is 15.8. The Morgan fingerprint density at radius 1 is 1.10 bits per heavy atom. The molecule has 0 saturated carbocycles. The van der Waals surface area contributed by atoms with Gasteiger partial charge in [0.15, 0.2) is 16.6 Å². The van der Waals surface area contributed by atoms with Gasteiger partial charge in [-0.2, -0.15) is 0 Å². The first kappa shape index (κ1) is 18.7. The Balaban J connectivity index is 1.33. The molecule has 0 bridgehead atoms. The van der Waals surface area contributed by atoms with Crippen LogP contribution in [-0.2, 0) is 17.8 Å². The van der Waals surface area contributed by atoms with E-state index in [9.17, 15) is 14.0 Å². The molecule has 3 heterocycles. The van der Waals surface area contributed by atoms with Crippen molar-refractivity contribution in [1.82, 2.24) is 24.9 Å². The first-order chi connectivity index (χ1) is 14.1. The van der Waals surface area contributed by atoms with Crippen LogP contribution in [0, 0.1) is 5.82 Å². The normalized spacial score (nSPS) is 10.8. The summed E-state index contributed by atoms with van der Waals surface area (Å²) in [6.45, 7) is 0.227. The maximum Gasteiger partial charge on any atom is 0.260 e. The molecule has 10 heteroatoms. The number of pyridine rings is 1. The van der Waals surface area contributed by atoms with Gasteiger partial charge in [0, 0.05) is 11.6 Å². The Morgan fingerprint density at radius 3 is 2.79 bits per heavy atom. The number of thiazole rings is 1. The van der Waals surface area contributed by atoms with Crippen molar-refractivity contribution in [2.45, 2.75) is 13.0 Å². The molecule has 0 spiro atoms. The Bertz CT molecular complexity index is 1190. The number of carbonyl (C=O) groups is 2. The van der Waals surface area contributed by atoms with Gasteiger partial charge in [-0.1, -0.05) is 18.2 Å². The first-order valence-corrected chi connectivity index (χ1v) is 9.54. The molecule has 0 aliphatic rings. The van der Waals surface area contributed by atoms with Gasteiger partial charge in [0.25, 0.3) is 5.91 Å². The molecule has 29 heavy (non-hydrogen) atoms. The largest absolute Gasteiger partial charge is 0.348 e. The minimum absolute atomic E-state index is 0.0444. The van der Waals surface area contributed by atoms with Gasteiger partial charge in [-0.3, -0.25) is 19.3 Å². The molecule has 4 aromatic rings. The fraction of sp³-hybridized carbons (Fsp3) is 0.105. The summed E-state index contributed by atoms with van der Waals surface area (Å²) in [5.41, 5.74) is 1.14. The van der Waals surface area contributed by atoms with Crippen LogP contribution < -0.4 is 10.6 Å². The molecule has 0 saturated heterocycles. The number of anilines is 1. The van der Waals surface area contributed by atoms with Crippen molar-refractivity contribution in [2.75, 3.05) is 5.32 Å². The fourth-order valence-corrected chi connectivity index (χ4v) is 3.38. The lowest BCUT2D eigenvalue weighted by Gasteiger charge is -2.03. The van der Waals surface area contributed by atoms with Crippen LogP contribution in [0.2, 0.25) is 0 Å². The second-order valence-corrected chi connectivity index (χ2v) is 6.93. The summed E-state index contributed by atoms with van der Waals surface area (Å²) in [6.07, 6.45) is 1.87. The zero-order chi connectivity index (χ0) is 20.2. The predicted molar refractivity (Wildman–Crippen MR) is 105 cm³/mol. The molecule has 8 nitrogen and oxygen atoms in total. The number of hydrogen-bond donors (Lipinski definition) is 2. The van der Waals surface area contributed by atoms with Crippen LogP contribution in [0.15, 0.2) is 54.0 Å². The number of benzene rings is 1. The third kappa shape index (κ3) is 4.27. The molecule has 146 valence electrons. The van der Waals surface area contributed by atoms with Gasteiger partial charge in [0.05, 0.1) is 24.2 Å². The van der Waals surface area contributed by atoms with E-state index < -0.39 is 11.7 Å². The van der Waals surface area contributed by atoms with Crippen molar-refractivity contribution >= 4 is 33.9 Å². The topological polar surface area (TPSA) is 101 Å². The molecule has 0 aliphatic carbocycles. The number of halogens is 1. The molecule has 2 amide bonds. The van der Waals surface area contributed by atoms with Gasteiger partial charge < -0.3 is 5.32 Å². The number of rotatable bonds is 6. The second kappa shape index (κ2) is 8.15. The summed E-state index contributed by atoms with van der Waals surface area (Å²) in [6, 6.07) is 11.2. The first-order valence-electron chi connectivity index (χ1n) is 8.66. The summed E-state index contributed by atoms with van der Waals surface area (Å²) >= 11 is 1.17. The molecule has 0 aliphatic heterocycles. The monoisotopic (exact) mass is 410 g/mol. The Morgan fingerprint density at radius 2 is 1.93 bits per heavy atom. The number of amides is 2. The number of carbonyl (C=O) groups excluding carboxylic acids is 2. The lowest BCUT2D eigenvalue weighted by molar-refractivity contribution is -0.120. The van der Waals surface area contributed by atoms with Crippen molar-refractivity contribution in [3.63, 3.8) is 0 Å². The highest BCUT2D eigenvalue weighted by molar-refractivity contribution is 7.14. The van der Waals surface area contributed by atoms with E-state index in [2.05, 4.69) is 25.8 Å². The van der Waals surface area contributed by atoms with Gasteiger partial charge >= 0.3 is 0 Å². The van der Waals surface area contributed by atoms with E-state index in [0.717, 1.165) is 0 Å². The molecular weight excluding hydrogens is 395 g/mol. The molecule has 1 aromatic carbocycles. The average molecular weight is 410 g/mol. The van der Waals surface area contributed by atoms with Crippen molar-refractivity contribution in [1.29, 1.82) is 0 Å². The highest BCUT2D eigenvalue weighted by Gasteiger charge is 2.14. The highest BCUT2D eigenvalue weighted by atomic mass is 32.1. The molecule has 0 fully saturated rings. The zero-order valence-electron chi connectivity index (χ0n) is 15.0.